The van der Waals surface area contributed by atoms with Crippen molar-refractivity contribution in [3.05, 3.63) is 0 Å². The van der Waals surface area contributed by atoms with Crippen LogP contribution >= 0.6 is 0 Å². The summed E-state index contributed by atoms with van der Waals surface area (Å²) in [6.07, 6.45) is 10.8. The molecule has 2 heteroatoms. The number of fused-ring (bicyclic) bond motifs is 2. The number of hydrogen-bond donors (Lipinski definition) is 1. The van der Waals surface area contributed by atoms with Crippen LogP contribution in [-0.4, -0.2) is 29.1 Å². The predicted octanol–water partition coefficient (Wildman–Crippen LogP) is 2.91. The third-order valence-electron chi connectivity index (χ3n) is 4.55. The fourth-order valence-electron chi connectivity index (χ4n) is 3.83. The molecule has 2 rings (SSSR count). The third-order valence-corrected chi connectivity index (χ3v) is 4.55. The molecule has 0 aromatic heterocycles. The van der Waals surface area contributed by atoms with E-state index in [1.54, 1.807) is 0 Å². The fraction of sp³-hybridized carbons (Fsp3) is 1.00. The van der Waals surface area contributed by atoms with Crippen LogP contribution in [0.2, 0.25) is 0 Å². The van der Waals surface area contributed by atoms with Crippen molar-refractivity contribution >= 4 is 0 Å². The predicted molar refractivity (Wildman–Crippen MR) is 69.5 cm³/mol. The lowest BCUT2D eigenvalue weighted by molar-refractivity contribution is -0.00270. The molecule has 0 aromatic rings. The number of piperidine rings is 2. The van der Waals surface area contributed by atoms with Gasteiger partial charge in [-0.3, -0.25) is 4.90 Å². The second-order valence-electron chi connectivity index (χ2n) is 5.91. The Morgan fingerprint density at radius 1 is 1.25 bits per heavy atom. The molecule has 2 aliphatic rings. The first-order valence-corrected chi connectivity index (χ1v) is 7.25. The van der Waals surface area contributed by atoms with E-state index in [9.17, 15) is 0 Å². The zero-order chi connectivity index (χ0) is 11.5. The molecular weight excluding hydrogens is 196 g/mol. The molecule has 3 unspecified atom stereocenters. The van der Waals surface area contributed by atoms with E-state index in [0.29, 0.717) is 6.04 Å². The summed E-state index contributed by atoms with van der Waals surface area (Å²) in [5.41, 5.74) is 6.16. The highest BCUT2D eigenvalue weighted by atomic mass is 15.2. The summed E-state index contributed by atoms with van der Waals surface area (Å²) in [7, 11) is 0. The molecule has 16 heavy (non-hydrogen) atoms. The van der Waals surface area contributed by atoms with E-state index in [1.807, 2.05) is 0 Å². The zero-order valence-electron chi connectivity index (χ0n) is 11.0. The first kappa shape index (κ1) is 12.4. The average Bonchev–Trinajstić information content (AvgIpc) is 2.24. The van der Waals surface area contributed by atoms with Gasteiger partial charge in [-0.15, -0.1) is 0 Å². The highest BCUT2D eigenvalue weighted by molar-refractivity contribution is 4.95. The van der Waals surface area contributed by atoms with Crippen LogP contribution in [0, 0.1) is 0 Å². The van der Waals surface area contributed by atoms with E-state index in [0.717, 1.165) is 18.1 Å². The molecule has 2 nitrogen and oxygen atoms in total. The lowest BCUT2D eigenvalue weighted by Gasteiger charge is -2.51. The molecule has 0 saturated carbocycles. The van der Waals surface area contributed by atoms with Gasteiger partial charge in [-0.25, -0.2) is 0 Å². The molecule has 2 fully saturated rings. The number of nitrogens with two attached hydrogens (primary N) is 1. The molecule has 0 spiro atoms. The molecule has 0 radical (unpaired) electrons. The van der Waals surface area contributed by atoms with E-state index in [4.69, 9.17) is 5.73 Å². The number of nitrogens with zero attached hydrogens (tertiary/aromatic N) is 1. The quantitative estimate of drug-likeness (QED) is 0.795. The van der Waals surface area contributed by atoms with Crippen molar-refractivity contribution in [2.45, 2.75) is 89.4 Å². The molecule has 0 aliphatic carbocycles. The Morgan fingerprint density at radius 2 is 1.88 bits per heavy atom. The summed E-state index contributed by atoms with van der Waals surface area (Å²) in [5, 5.41) is 0. The van der Waals surface area contributed by atoms with Crippen LogP contribution in [0.4, 0.5) is 0 Å². The molecule has 2 bridgehead atoms. The van der Waals surface area contributed by atoms with Crippen LogP contribution in [0.5, 0.6) is 0 Å². The van der Waals surface area contributed by atoms with E-state index in [1.165, 1.54) is 51.4 Å². The minimum Gasteiger partial charge on any atom is -0.328 e. The topological polar surface area (TPSA) is 29.3 Å². The Morgan fingerprint density at radius 3 is 2.44 bits per heavy atom. The smallest absolute Gasteiger partial charge is 0.0116 e. The van der Waals surface area contributed by atoms with Gasteiger partial charge in [0.1, 0.15) is 0 Å². The maximum Gasteiger partial charge on any atom is 0.0116 e. The zero-order valence-corrected chi connectivity index (χ0v) is 11.0. The minimum atomic E-state index is 0.477. The van der Waals surface area contributed by atoms with E-state index < -0.39 is 0 Å². The Hall–Kier alpha value is -0.0800. The highest BCUT2D eigenvalue weighted by Crippen LogP contribution is 2.35. The standard InChI is InChI=1S/C14H28N2/c1-3-4-6-11(2)16-13-7-5-8-14(16)10-12(15)9-13/h11-14H,3-10,15H2,1-2H3. The van der Waals surface area contributed by atoms with Gasteiger partial charge in [0.2, 0.25) is 0 Å². The SMILES string of the molecule is CCCCC(C)N1C2CCCC1CC(N)C2. The largest absolute Gasteiger partial charge is 0.328 e. The number of hydrogen-bond acceptors (Lipinski definition) is 2. The summed E-state index contributed by atoms with van der Waals surface area (Å²) >= 11 is 0. The Bertz CT molecular complexity index is 203. The summed E-state index contributed by atoms with van der Waals surface area (Å²) < 4.78 is 0. The average molecular weight is 224 g/mol. The second kappa shape index (κ2) is 5.50. The summed E-state index contributed by atoms with van der Waals surface area (Å²) in [6.45, 7) is 4.72. The normalized spacial score (nSPS) is 37.3. The van der Waals surface area contributed by atoms with E-state index >= 15 is 0 Å². The van der Waals surface area contributed by atoms with Gasteiger partial charge in [0.05, 0.1) is 0 Å². The first-order chi connectivity index (χ1) is 7.72. The van der Waals surface area contributed by atoms with Gasteiger partial charge in [0.25, 0.3) is 0 Å². The van der Waals surface area contributed by atoms with Crippen LogP contribution in [0.3, 0.4) is 0 Å². The van der Waals surface area contributed by atoms with Crippen molar-refractivity contribution in [3.63, 3.8) is 0 Å². The van der Waals surface area contributed by atoms with Crippen LogP contribution in [0.25, 0.3) is 0 Å². The minimum absolute atomic E-state index is 0.477. The van der Waals surface area contributed by atoms with Crippen molar-refractivity contribution in [3.8, 4) is 0 Å². The monoisotopic (exact) mass is 224 g/mol. The maximum absolute atomic E-state index is 6.16. The second-order valence-corrected chi connectivity index (χ2v) is 5.91. The van der Waals surface area contributed by atoms with Gasteiger partial charge in [0, 0.05) is 24.2 Å². The van der Waals surface area contributed by atoms with Crippen LogP contribution in [-0.2, 0) is 0 Å². The molecule has 2 heterocycles. The molecule has 2 N–H and O–H groups in total. The fourth-order valence-corrected chi connectivity index (χ4v) is 3.83. The van der Waals surface area contributed by atoms with Gasteiger partial charge in [0.15, 0.2) is 0 Å². The molecule has 94 valence electrons. The van der Waals surface area contributed by atoms with Crippen molar-refractivity contribution in [1.82, 2.24) is 4.90 Å². The molecule has 3 atom stereocenters. The summed E-state index contributed by atoms with van der Waals surface area (Å²) in [5.74, 6) is 0. The lowest BCUT2D eigenvalue weighted by Crippen LogP contribution is -2.58. The Balaban J connectivity index is 1.97. The number of rotatable bonds is 4. The first-order valence-electron chi connectivity index (χ1n) is 7.25. The summed E-state index contributed by atoms with van der Waals surface area (Å²) in [6, 6.07) is 2.86. The molecule has 0 aromatic carbocycles. The van der Waals surface area contributed by atoms with E-state index in [2.05, 4.69) is 18.7 Å². The van der Waals surface area contributed by atoms with E-state index in [-0.39, 0.29) is 0 Å². The van der Waals surface area contributed by atoms with Crippen LogP contribution in [0.1, 0.15) is 65.2 Å². The Labute approximate surface area is 101 Å². The van der Waals surface area contributed by atoms with Gasteiger partial charge in [-0.05, 0) is 39.0 Å². The maximum atomic E-state index is 6.16. The van der Waals surface area contributed by atoms with Gasteiger partial charge >= 0.3 is 0 Å². The Kier molecular flexibility index (Phi) is 4.26. The van der Waals surface area contributed by atoms with Gasteiger partial charge < -0.3 is 5.73 Å². The molecular formula is C14H28N2. The van der Waals surface area contributed by atoms with Gasteiger partial charge in [-0.2, -0.15) is 0 Å². The lowest BCUT2D eigenvalue weighted by atomic mass is 9.80. The van der Waals surface area contributed by atoms with Crippen molar-refractivity contribution in [2.75, 3.05) is 0 Å². The van der Waals surface area contributed by atoms with Crippen molar-refractivity contribution < 1.29 is 0 Å². The van der Waals surface area contributed by atoms with Crippen LogP contribution in [0.15, 0.2) is 0 Å². The molecule has 0 amide bonds. The molecule has 2 saturated heterocycles. The third kappa shape index (κ3) is 2.60. The van der Waals surface area contributed by atoms with Crippen molar-refractivity contribution in [1.29, 1.82) is 0 Å². The highest BCUT2D eigenvalue weighted by Gasteiger charge is 2.38. The van der Waals surface area contributed by atoms with Crippen LogP contribution < -0.4 is 5.73 Å². The van der Waals surface area contributed by atoms with Gasteiger partial charge in [-0.1, -0.05) is 26.2 Å². The number of unbranched alkanes of at least 4 members (excludes halogenated alkanes) is 1. The van der Waals surface area contributed by atoms with Crippen molar-refractivity contribution in [2.24, 2.45) is 5.73 Å². The summed E-state index contributed by atoms with van der Waals surface area (Å²) in [4.78, 5) is 2.82. The molecule has 2 aliphatic heterocycles.